The average molecular weight is 299 g/mol. The van der Waals surface area contributed by atoms with Crippen molar-refractivity contribution >= 4 is 10.0 Å². The molecule has 0 radical (unpaired) electrons. The number of hydrogen-bond acceptors (Lipinski definition) is 3. The summed E-state index contributed by atoms with van der Waals surface area (Å²) >= 11 is 0. The summed E-state index contributed by atoms with van der Waals surface area (Å²) in [6, 6.07) is 9.50. The van der Waals surface area contributed by atoms with Gasteiger partial charge in [-0.1, -0.05) is 51.1 Å². The molecule has 2 N–H and O–H groups in total. The molecule has 0 saturated carbocycles. The van der Waals surface area contributed by atoms with Crippen LogP contribution in [0.4, 0.5) is 0 Å². The lowest BCUT2D eigenvalue weighted by Crippen LogP contribution is -2.35. The predicted octanol–water partition coefficient (Wildman–Crippen LogP) is 1.95. The topological polar surface area (TPSA) is 66.4 Å². The summed E-state index contributed by atoms with van der Waals surface area (Å²) in [6.07, 6.45) is 0.390. The van der Waals surface area contributed by atoms with Gasteiger partial charge in [0, 0.05) is 6.54 Å². The van der Waals surface area contributed by atoms with Crippen molar-refractivity contribution in [1.82, 2.24) is 4.72 Å². The molecule has 1 aromatic rings. The van der Waals surface area contributed by atoms with Gasteiger partial charge in [0.1, 0.15) is 0 Å². The van der Waals surface area contributed by atoms with Crippen LogP contribution in [0.15, 0.2) is 30.3 Å². The molecule has 1 unspecified atom stereocenters. The molecule has 1 atom stereocenters. The van der Waals surface area contributed by atoms with E-state index in [1.54, 1.807) is 0 Å². The van der Waals surface area contributed by atoms with Crippen molar-refractivity contribution in [2.45, 2.75) is 39.7 Å². The lowest BCUT2D eigenvalue weighted by Gasteiger charge is -2.22. The molecule has 0 aliphatic carbocycles. The molecule has 0 aliphatic rings. The Kier molecular flexibility index (Phi) is 6.17. The third kappa shape index (κ3) is 7.62. The SMILES string of the molecule is CC(C)(C)CC(O)CNS(=O)(=O)CCc1ccccc1. The van der Waals surface area contributed by atoms with E-state index in [0.29, 0.717) is 12.8 Å². The van der Waals surface area contributed by atoms with Gasteiger partial charge in [0.2, 0.25) is 10.0 Å². The highest BCUT2D eigenvalue weighted by Crippen LogP contribution is 2.20. The van der Waals surface area contributed by atoms with E-state index in [9.17, 15) is 13.5 Å². The second kappa shape index (κ2) is 7.20. The summed E-state index contributed by atoms with van der Waals surface area (Å²) in [7, 11) is -3.34. The Morgan fingerprint density at radius 1 is 1.20 bits per heavy atom. The van der Waals surface area contributed by atoms with Crippen LogP contribution < -0.4 is 4.72 Å². The third-order valence-electron chi connectivity index (χ3n) is 2.89. The summed E-state index contributed by atoms with van der Waals surface area (Å²) in [4.78, 5) is 0. The van der Waals surface area contributed by atoms with E-state index < -0.39 is 16.1 Å². The highest BCUT2D eigenvalue weighted by Gasteiger charge is 2.18. The largest absolute Gasteiger partial charge is 0.392 e. The molecule has 4 nitrogen and oxygen atoms in total. The molecule has 0 aliphatic heterocycles. The molecule has 0 fully saturated rings. The van der Waals surface area contributed by atoms with Crippen LogP contribution >= 0.6 is 0 Å². The fourth-order valence-electron chi connectivity index (χ4n) is 1.97. The molecule has 0 saturated heterocycles. The summed E-state index contributed by atoms with van der Waals surface area (Å²) in [5.41, 5.74) is 0.975. The quantitative estimate of drug-likeness (QED) is 0.808. The van der Waals surface area contributed by atoms with Crippen molar-refractivity contribution in [3.63, 3.8) is 0 Å². The molecule has 0 bridgehead atoms. The first kappa shape index (κ1) is 17.1. The van der Waals surface area contributed by atoms with Gasteiger partial charge in [0.05, 0.1) is 11.9 Å². The summed E-state index contributed by atoms with van der Waals surface area (Å²) in [6.45, 7) is 6.12. The van der Waals surface area contributed by atoms with Gasteiger partial charge in [-0.05, 0) is 23.8 Å². The second-order valence-electron chi connectivity index (χ2n) is 6.32. The normalized spacial score (nSPS) is 14.2. The van der Waals surface area contributed by atoms with Crippen LogP contribution in [0.1, 0.15) is 32.8 Å². The molecule has 1 aromatic carbocycles. The van der Waals surface area contributed by atoms with Gasteiger partial charge in [0.25, 0.3) is 0 Å². The van der Waals surface area contributed by atoms with Crippen LogP contribution in [0.25, 0.3) is 0 Å². The Morgan fingerprint density at radius 3 is 2.35 bits per heavy atom. The highest BCUT2D eigenvalue weighted by molar-refractivity contribution is 7.89. The Bertz CT molecular complexity index is 492. The van der Waals surface area contributed by atoms with E-state index in [4.69, 9.17) is 0 Å². The molecule has 20 heavy (non-hydrogen) atoms. The maximum Gasteiger partial charge on any atom is 0.212 e. The first-order valence-electron chi connectivity index (χ1n) is 6.87. The molecule has 0 aromatic heterocycles. The molecule has 0 amide bonds. The number of aryl methyl sites for hydroxylation is 1. The van der Waals surface area contributed by atoms with Gasteiger partial charge in [0.15, 0.2) is 0 Å². The average Bonchev–Trinajstić information content (AvgIpc) is 2.34. The van der Waals surface area contributed by atoms with Crippen LogP contribution in [0.3, 0.4) is 0 Å². The van der Waals surface area contributed by atoms with E-state index in [0.717, 1.165) is 5.56 Å². The van der Waals surface area contributed by atoms with Crippen LogP contribution in [0.2, 0.25) is 0 Å². The number of hydrogen-bond donors (Lipinski definition) is 2. The zero-order valence-corrected chi connectivity index (χ0v) is 13.3. The molecule has 0 heterocycles. The fraction of sp³-hybridized carbons (Fsp3) is 0.600. The zero-order chi connectivity index (χ0) is 15.2. The van der Waals surface area contributed by atoms with Gasteiger partial charge in [-0.15, -0.1) is 0 Å². The van der Waals surface area contributed by atoms with E-state index >= 15 is 0 Å². The van der Waals surface area contributed by atoms with Gasteiger partial charge in [-0.3, -0.25) is 0 Å². The first-order chi connectivity index (χ1) is 9.18. The number of sulfonamides is 1. The van der Waals surface area contributed by atoms with E-state index in [-0.39, 0.29) is 17.7 Å². The number of nitrogens with one attached hydrogen (secondary N) is 1. The van der Waals surface area contributed by atoms with Crippen molar-refractivity contribution in [3.8, 4) is 0 Å². The molecule has 1 rings (SSSR count). The van der Waals surface area contributed by atoms with Gasteiger partial charge in [-0.25, -0.2) is 13.1 Å². The Hall–Kier alpha value is -0.910. The fourth-order valence-corrected chi connectivity index (χ4v) is 3.07. The Morgan fingerprint density at radius 2 is 1.80 bits per heavy atom. The van der Waals surface area contributed by atoms with E-state index in [1.165, 1.54) is 0 Å². The Balaban J connectivity index is 2.38. The van der Waals surface area contributed by atoms with Gasteiger partial charge in [-0.2, -0.15) is 0 Å². The zero-order valence-electron chi connectivity index (χ0n) is 12.5. The minimum atomic E-state index is -3.34. The summed E-state index contributed by atoms with van der Waals surface area (Å²) < 4.78 is 26.2. The van der Waals surface area contributed by atoms with Gasteiger partial charge < -0.3 is 5.11 Å². The smallest absolute Gasteiger partial charge is 0.212 e. The number of aliphatic hydroxyl groups is 1. The minimum Gasteiger partial charge on any atom is -0.392 e. The van der Waals surface area contributed by atoms with Crippen LogP contribution in [0.5, 0.6) is 0 Å². The molecule has 114 valence electrons. The third-order valence-corrected chi connectivity index (χ3v) is 4.24. The van der Waals surface area contributed by atoms with Crippen molar-refractivity contribution < 1.29 is 13.5 Å². The maximum atomic E-state index is 11.9. The standard InChI is InChI=1S/C15H25NO3S/c1-15(2,3)11-14(17)12-16-20(18,19)10-9-13-7-5-4-6-8-13/h4-8,14,16-17H,9-12H2,1-3H3. The predicted molar refractivity (Wildman–Crippen MR) is 82.0 cm³/mol. The van der Waals surface area contributed by atoms with Crippen molar-refractivity contribution in [2.24, 2.45) is 5.41 Å². The van der Waals surface area contributed by atoms with Crippen molar-refractivity contribution in [2.75, 3.05) is 12.3 Å². The van der Waals surface area contributed by atoms with Crippen LogP contribution in [-0.2, 0) is 16.4 Å². The van der Waals surface area contributed by atoms with Gasteiger partial charge >= 0.3 is 0 Å². The van der Waals surface area contributed by atoms with Crippen molar-refractivity contribution in [3.05, 3.63) is 35.9 Å². The highest BCUT2D eigenvalue weighted by atomic mass is 32.2. The maximum absolute atomic E-state index is 11.9. The molecule has 5 heteroatoms. The first-order valence-corrected chi connectivity index (χ1v) is 8.52. The molecular weight excluding hydrogens is 274 g/mol. The Labute approximate surface area is 122 Å². The molecular formula is C15H25NO3S. The lowest BCUT2D eigenvalue weighted by molar-refractivity contribution is 0.125. The lowest BCUT2D eigenvalue weighted by atomic mass is 9.89. The van der Waals surface area contributed by atoms with E-state index in [2.05, 4.69) is 4.72 Å². The van der Waals surface area contributed by atoms with Crippen molar-refractivity contribution in [1.29, 1.82) is 0 Å². The van der Waals surface area contributed by atoms with E-state index in [1.807, 2.05) is 51.1 Å². The monoisotopic (exact) mass is 299 g/mol. The minimum absolute atomic E-state index is 0.0190. The number of aliphatic hydroxyl groups excluding tert-OH is 1. The number of rotatable bonds is 7. The second-order valence-corrected chi connectivity index (χ2v) is 8.25. The molecule has 0 spiro atoms. The summed E-state index contributed by atoms with van der Waals surface area (Å²) in [5, 5.41) is 9.81. The van der Waals surface area contributed by atoms with Crippen LogP contribution in [0, 0.1) is 5.41 Å². The van der Waals surface area contributed by atoms with Crippen LogP contribution in [-0.4, -0.2) is 31.9 Å². The number of benzene rings is 1. The summed E-state index contributed by atoms with van der Waals surface area (Å²) in [5.74, 6) is 0.0409.